The van der Waals surface area contributed by atoms with Gasteiger partial charge in [0.1, 0.15) is 11.6 Å². The van der Waals surface area contributed by atoms with E-state index in [9.17, 15) is 10.1 Å². The van der Waals surface area contributed by atoms with Crippen LogP contribution in [0.15, 0.2) is 18.2 Å². The molecule has 6 nitrogen and oxygen atoms in total. The van der Waals surface area contributed by atoms with Gasteiger partial charge in [0.2, 0.25) is 0 Å². The van der Waals surface area contributed by atoms with E-state index in [-0.39, 0.29) is 17.9 Å². The lowest BCUT2D eigenvalue weighted by Gasteiger charge is -2.06. The van der Waals surface area contributed by atoms with Gasteiger partial charge < -0.3 is 10.4 Å². The molecule has 7 heteroatoms. The van der Waals surface area contributed by atoms with Crippen LogP contribution in [0.5, 0.6) is 0 Å². The predicted molar refractivity (Wildman–Crippen MR) is 75.3 cm³/mol. The molecule has 0 aliphatic rings. The van der Waals surface area contributed by atoms with Gasteiger partial charge in [-0.2, -0.15) is 17.0 Å². The fourth-order valence-electron chi connectivity index (χ4n) is 1.43. The zero-order chi connectivity index (χ0) is 14.1. The molecule has 0 fully saturated rings. The molecule has 0 saturated heterocycles. The second-order valence-electron chi connectivity index (χ2n) is 3.72. The number of aliphatic hydroxyl groups is 1. The van der Waals surface area contributed by atoms with Crippen LogP contribution in [0.3, 0.4) is 0 Å². The van der Waals surface area contributed by atoms with Gasteiger partial charge in [-0.3, -0.25) is 10.1 Å². The summed E-state index contributed by atoms with van der Waals surface area (Å²) >= 11 is 1.72. The molecule has 1 aromatic rings. The molecule has 0 heterocycles. The van der Waals surface area contributed by atoms with Crippen molar-refractivity contribution in [2.75, 3.05) is 30.0 Å². The Bertz CT molecular complexity index is 474. The van der Waals surface area contributed by atoms with Crippen molar-refractivity contribution < 1.29 is 10.0 Å². The minimum Gasteiger partial charge on any atom is -0.396 e. The second kappa shape index (κ2) is 8.34. The fourth-order valence-corrected chi connectivity index (χ4v) is 2.21. The number of anilines is 1. The highest BCUT2D eigenvalue weighted by molar-refractivity contribution is 7.99. The van der Waals surface area contributed by atoms with Crippen LogP contribution in [-0.2, 0) is 0 Å². The van der Waals surface area contributed by atoms with Crippen molar-refractivity contribution in [3.8, 4) is 6.07 Å². The van der Waals surface area contributed by atoms with E-state index in [1.54, 1.807) is 17.8 Å². The summed E-state index contributed by atoms with van der Waals surface area (Å²) in [5, 5.41) is 31.2. The third kappa shape index (κ3) is 5.16. The highest BCUT2D eigenvalue weighted by atomic mass is 32.2. The highest BCUT2D eigenvalue weighted by Gasteiger charge is 2.13. The van der Waals surface area contributed by atoms with Gasteiger partial charge in [0, 0.05) is 30.7 Å². The maximum atomic E-state index is 10.7. The molecule has 2 N–H and O–H groups in total. The summed E-state index contributed by atoms with van der Waals surface area (Å²) in [6, 6.07) is 6.23. The van der Waals surface area contributed by atoms with E-state index >= 15 is 0 Å². The molecule has 0 spiro atoms. The van der Waals surface area contributed by atoms with Gasteiger partial charge >= 0.3 is 0 Å². The Balaban J connectivity index is 2.47. The lowest BCUT2D eigenvalue weighted by atomic mass is 10.2. The first-order valence-electron chi connectivity index (χ1n) is 5.80. The van der Waals surface area contributed by atoms with Crippen molar-refractivity contribution in [1.82, 2.24) is 0 Å². The Morgan fingerprint density at radius 2 is 2.26 bits per heavy atom. The van der Waals surface area contributed by atoms with E-state index in [1.807, 2.05) is 6.07 Å². The average molecular weight is 281 g/mol. The SMILES string of the molecule is N#Cc1cc(NCCSCCCO)ccc1[N+](=O)[O-]. The first-order chi connectivity index (χ1) is 9.19. The molecule has 102 valence electrons. The molecule has 0 aromatic heterocycles. The molecule has 0 aliphatic carbocycles. The van der Waals surface area contributed by atoms with E-state index in [0.29, 0.717) is 12.2 Å². The maximum absolute atomic E-state index is 10.7. The largest absolute Gasteiger partial charge is 0.396 e. The minimum atomic E-state index is -0.562. The van der Waals surface area contributed by atoms with Crippen LogP contribution in [0, 0.1) is 21.4 Å². The smallest absolute Gasteiger partial charge is 0.287 e. The summed E-state index contributed by atoms with van der Waals surface area (Å²) in [5.74, 6) is 1.78. The Morgan fingerprint density at radius 1 is 1.47 bits per heavy atom. The number of nitriles is 1. The highest BCUT2D eigenvalue weighted by Crippen LogP contribution is 2.21. The van der Waals surface area contributed by atoms with Crippen molar-refractivity contribution in [3.05, 3.63) is 33.9 Å². The lowest BCUT2D eigenvalue weighted by Crippen LogP contribution is -2.05. The molecule has 0 radical (unpaired) electrons. The van der Waals surface area contributed by atoms with E-state index in [0.717, 1.165) is 17.9 Å². The van der Waals surface area contributed by atoms with E-state index < -0.39 is 4.92 Å². The van der Waals surface area contributed by atoms with Gasteiger partial charge in [-0.25, -0.2) is 0 Å². The number of nitro benzene ring substituents is 1. The van der Waals surface area contributed by atoms with Crippen LogP contribution >= 0.6 is 11.8 Å². The number of hydrogen-bond donors (Lipinski definition) is 2. The van der Waals surface area contributed by atoms with Crippen LogP contribution in [-0.4, -0.2) is 34.7 Å². The van der Waals surface area contributed by atoms with Crippen molar-refractivity contribution in [2.24, 2.45) is 0 Å². The zero-order valence-electron chi connectivity index (χ0n) is 10.3. The number of nitrogens with one attached hydrogen (secondary N) is 1. The molecule has 1 rings (SSSR count). The molecule has 0 bridgehead atoms. The summed E-state index contributed by atoms with van der Waals surface area (Å²) in [5.41, 5.74) is 0.582. The van der Waals surface area contributed by atoms with Gasteiger partial charge in [0.15, 0.2) is 0 Å². The number of thioether (sulfide) groups is 1. The second-order valence-corrected chi connectivity index (χ2v) is 4.94. The summed E-state index contributed by atoms with van der Waals surface area (Å²) in [6.45, 7) is 0.910. The molecular weight excluding hydrogens is 266 g/mol. The van der Waals surface area contributed by atoms with E-state index in [2.05, 4.69) is 5.32 Å². The quantitative estimate of drug-likeness (QED) is 0.429. The Labute approximate surface area is 115 Å². The first-order valence-corrected chi connectivity index (χ1v) is 6.95. The molecule has 19 heavy (non-hydrogen) atoms. The van der Waals surface area contributed by atoms with Gasteiger partial charge in [0.05, 0.1) is 4.92 Å². The number of nitrogens with zero attached hydrogens (tertiary/aromatic N) is 2. The molecule has 0 saturated carbocycles. The molecule has 0 atom stereocenters. The third-order valence-corrected chi connectivity index (χ3v) is 3.41. The van der Waals surface area contributed by atoms with E-state index in [4.69, 9.17) is 10.4 Å². The number of aliphatic hydroxyl groups excluding tert-OH is 1. The standard InChI is InChI=1S/C12H15N3O3S/c13-9-10-8-11(2-3-12(10)15(17)18)14-4-7-19-6-1-5-16/h2-3,8,14,16H,1,4-7H2. The predicted octanol–water partition coefficient (Wildman–Crippen LogP) is 1.99. The van der Waals surface area contributed by atoms with E-state index in [1.165, 1.54) is 12.1 Å². The van der Waals surface area contributed by atoms with Gasteiger partial charge in [-0.05, 0) is 24.3 Å². The summed E-state index contributed by atoms with van der Waals surface area (Å²) in [4.78, 5) is 10.1. The monoisotopic (exact) mass is 281 g/mol. The average Bonchev–Trinajstić information content (AvgIpc) is 2.42. The van der Waals surface area contributed by atoms with Crippen molar-refractivity contribution in [3.63, 3.8) is 0 Å². The van der Waals surface area contributed by atoms with Gasteiger partial charge in [-0.15, -0.1) is 0 Å². The van der Waals surface area contributed by atoms with Crippen LogP contribution in [0.25, 0.3) is 0 Å². The Hall–Kier alpha value is -1.78. The Morgan fingerprint density at radius 3 is 2.89 bits per heavy atom. The first kappa shape index (κ1) is 15.3. The normalized spacial score (nSPS) is 9.89. The van der Waals surface area contributed by atoms with Crippen molar-refractivity contribution in [1.29, 1.82) is 5.26 Å². The minimum absolute atomic E-state index is 0.0583. The molecule has 1 aromatic carbocycles. The maximum Gasteiger partial charge on any atom is 0.287 e. The van der Waals surface area contributed by atoms with Gasteiger partial charge in [0.25, 0.3) is 5.69 Å². The summed E-state index contributed by atoms with van der Waals surface area (Å²) in [7, 11) is 0. The summed E-state index contributed by atoms with van der Waals surface area (Å²) in [6.07, 6.45) is 0.779. The summed E-state index contributed by atoms with van der Waals surface area (Å²) < 4.78 is 0. The number of benzene rings is 1. The third-order valence-electron chi connectivity index (χ3n) is 2.34. The van der Waals surface area contributed by atoms with Crippen LogP contribution in [0.4, 0.5) is 11.4 Å². The fraction of sp³-hybridized carbons (Fsp3) is 0.417. The Kier molecular flexibility index (Phi) is 6.71. The number of nitro groups is 1. The topological polar surface area (TPSA) is 99.2 Å². The van der Waals surface area contributed by atoms with Crippen LogP contribution in [0.1, 0.15) is 12.0 Å². The van der Waals surface area contributed by atoms with Crippen LogP contribution < -0.4 is 5.32 Å². The van der Waals surface area contributed by atoms with Crippen molar-refractivity contribution >= 4 is 23.1 Å². The zero-order valence-corrected chi connectivity index (χ0v) is 11.2. The lowest BCUT2D eigenvalue weighted by molar-refractivity contribution is -0.385. The van der Waals surface area contributed by atoms with Crippen molar-refractivity contribution in [2.45, 2.75) is 6.42 Å². The molecule has 0 amide bonds. The molecule has 0 aliphatic heterocycles. The number of hydrogen-bond acceptors (Lipinski definition) is 6. The molecular formula is C12H15N3O3S. The van der Waals surface area contributed by atoms with Crippen LogP contribution in [0.2, 0.25) is 0 Å². The number of rotatable bonds is 8. The van der Waals surface area contributed by atoms with Gasteiger partial charge in [-0.1, -0.05) is 0 Å². The molecule has 0 unspecified atom stereocenters.